The number of nitrogens with zero attached hydrogens (tertiary/aromatic N) is 1. The maximum Gasteiger partial charge on any atom is 0.227 e. The van der Waals surface area contributed by atoms with Gasteiger partial charge in [0.25, 0.3) is 0 Å². The molecular formula is C15H18FNO2. The maximum absolute atomic E-state index is 13.5. The van der Waals surface area contributed by atoms with Gasteiger partial charge >= 0.3 is 0 Å². The van der Waals surface area contributed by atoms with E-state index in [1.165, 1.54) is 6.07 Å². The first kappa shape index (κ1) is 13.7. The van der Waals surface area contributed by atoms with Crippen LogP contribution < -0.4 is 0 Å². The van der Waals surface area contributed by atoms with Gasteiger partial charge in [0.2, 0.25) is 5.91 Å². The predicted molar refractivity (Wildman–Crippen MR) is 70.1 cm³/mol. The Hall–Kier alpha value is -1.71. The molecule has 0 radical (unpaired) electrons. The van der Waals surface area contributed by atoms with E-state index in [0.29, 0.717) is 24.9 Å². The minimum atomic E-state index is -0.777. The maximum atomic E-state index is 13.5. The van der Waals surface area contributed by atoms with Gasteiger partial charge in [0.15, 0.2) is 5.78 Å². The number of carbonyl (C=O) groups is 2. The van der Waals surface area contributed by atoms with E-state index in [4.69, 9.17) is 0 Å². The summed E-state index contributed by atoms with van der Waals surface area (Å²) in [6.45, 7) is 4.08. The van der Waals surface area contributed by atoms with Gasteiger partial charge in [-0.05, 0) is 31.9 Å². The minimum Gasteiger partial charge on any atom is -0.330 e. The van der Waals surface area contributed by atoms with Crippen molar-refractivity contribution in [3.63, 3.8) is 0 Å². The molecule has 4 heteroatoms. The zero-order valence-corrected chi connectivity index (χ0v) is 11.3. The minimum absolute atomic E-state index is 0.00336. The first-order chi connectivity index (χ1) is 8.93. The molecule has 3 nitrogen and oxygen atoms in total. The van der Waals surface area contributed by atoms with Crippen LogP contribution in [0.2, 0.25) is 0 Å². The summed E-state index contributed by atoms with van der Waals surface area (Å²) in [4.78, 5) is 25.7. The van der Waals surface area contributed by atoms with Crippen molar-refractivity contribution < 1.29 is 14.0 Å². The van der Waals surface area contributed by atoms with Crippen molar-refractivity contribution in [1.29, 1.82) is 0 Å². The van der Waals surface area contributed by atoms with Crippen molar-refractivity contribution in [3.05, 3.63) is 35.6 Å². The van der Waals surface area contributed by atoms with Crippen molar-refractivity contribution in [1.82, 2.24) is 4.90 Å². The number of piperidine rings is 1. The molecule has 19 heavy (non-hydrogen) atoms. The highest BCUT2D eigenvalue weighted by Gasteiger charge is 2.39. The van der Waals surface area contributed by atoms with E-state index in [-0.39, 0.29) is 23.9 Å². The summed E-state index contributed by atoms with van der Waals surface area (Å²) >= 11 is 0. The highest BCUT2D eigenvalue weighted by atomic mass is 19.1. The number of amides is 1. The van der Waals surface area contributed by atoms with E-state index in [9.17, 15) is 14.0 Å². The standard InChI is InChI=1S/C15H18FNO2/c1-15(2)13(18)8-5-9-17(15)14(19)10-11-6-3-4-7-12(11)16/h3-4,6-7H,5,8-10H2,1-2H3. The number of likely N-dealkylation sites (tertiary alicyclic amines) is 1. The molecule has 0 spiro atoms. The summed E-state index contributed by atoms with van der Waals surface area (Å²) in [5.41, 5.74) is -0.401. The predicted octanol–water partition coefficient (Wildman–Crippen LogP) is 2.34. The van der Waals surface area contributed by atoms with Crippen molar-refractivity contribution in [2.75, 3.05) is 6.54 Å². The highest BCUT2D eigenvalue weighted by molar-refractivity contribution is 5.93. The third kappa shape index (κ3) is 2.67. The van der Waals surface area contributed by atoms with Gasteiger partial charge in [-0.15, -0.1) is 0 Å². The molecule has 1 saturated heterocycles. The first-order valence-electron chi connectivity index (χ1n) is 6.50. The van der Waals surface area contributed by atoms with E-state index < -0.39 is 5.54 Å². The largest absolute Gasteiger partial charge is 0.330 e. The zero-order chi connectivity index (χ0) is 14.0. The molecule has 1 fully saturated rings. The Morgan fingerprint density at radius 3 is 2.74 bits per heavy atom. The monoisotopic (exact) mass is 263 g/mol. The highest BCUT2D eigenvalue weighted by Crippen LogP contribution is 2.25. The van der Waals surface area contributed by atoms with Crippen LogP contribution in [0.15, 0.2) is 24.3 Å². The third-order valence-corrected chi connectivity index (χ3v) is 3.74. The van der Waals surface area contributed by atoms with Crippen LogP contribution in [0.4, 0.5) is 4.39 Å². The topological polar surface area (TPSA) is 37.4 Å². The Balaban J connectivity index is 2.16. The average molecular weight is 263 g/mol. The zero-order valence-electron chi connectivity index (χ0n) is 11.3. The fourth-order valence-electron chi connectivity index (χ4n) is 2.47. The van der Waals surface area contributed by atoms with Crippen LogP contribution in [0.5, 0.6) is 0 Å². The van der Waals surface area contributed by atoms with Crippen molar-refractivity contribution in [2.45, 2.75) is 38.6 Å². The van der Waals surface area contributed by atoms with Crippen molar-refractivity contribution >= 4 is 11.7 Å². The Bertz CT molecular complexity index is 511. The smallest absolute Gasteiger partial charge is 0.227 e. The van der Waals surface area contributed by atoms with Crippen LogP contribution in [-0.4, -0.2) is 28.7 Å². The van der Waals surface area contributed by atoms with Crippen molar-refractivity contribution in [2.24, 2.45) is 0 Å². The lowest BCUT2D eigenvalue weighted by atomic mass is 9.88. The van der Waals surface area contributed by atoms with E-state index in [1.54, 1.807) is 36.9 Å². The molecule has 1 aliphatic rings. The summed E-state index contributed by atoms with van der Waals surface area (Å²) in [7, 11) is 0. The quantitative estimate of drug-likeness (QED) is 0.821. The molecule has 0 unspecified atom stereocenters. The number of benzene rings is 1. The number of hydrogen-bond donors (Lipinski definition) is 0. The fraction of sp³-hybridized carbons (Fsp3) is 0.467. The number of carbonyl (C=O) groups excluding carboxylic acids is 2. The van der Waals surface area contributed by atoms with E-state index in [2.05, 4.69) is 0 Å². The number of Topliss-reactive ketones (excluding diaryl/α,β-unsaturated/α-hetero) is 1. The van der Waals surface area contributed by atoms with Gasteiger partial charge in [-0.3, -0.25) is 9.59 Å². The number of rotatable bonds is 2. The molecule has 102 valence electrons. The second-order valence-electron chi connectivity index (χ2n) is 5.40. The lowest BCUT2D eigenvalue weighted by molar-refractivity contribution is -0.147. The molecule has 1 aromatic carbocycles. The number of ketones is 1. The van der Waals surface area contributed by atoms with Gasteiger partial charge in [-0.25, -0.2) is 4.39 Å². The molecule has 0 saturated carbocycles. The molecule has 0 bridgehead atoms. The Morgan fingerprint density at radius 2 is 2.05 bits per heavy atom. The second-order valence-corrected chi connectivity index (χ2v) is 5.40. The summed E-state index contributed by atoms with van der Waals surface area (Å²) in [6.07, 6.45) is 1.20. The molecular weight excluding hydrogens is 245 g/mol. The summed E-state index contributed by atoms with van der Waals surface area (Å²) < 4.78 is 13.5. The normalized spacial score (nSPS) is 18.5. The molecule has 1 amide bonds. The van der Waals surface area contributed by atoms with Crippen LogP contribution in [0.25, 0.3) is 0 Å². The molecule has 0 aromatic heterocycles. The van der Waals surface area contributed by atoms with E-state index in [1.807, 2.05) is 0 Å². The van der Waals surface area contributed by atoms with Crippen LogP contribution >= 0.6 is 0 Å². The van der Waals surface area contributed by atoms with Gasteiger partial charge < -0.3 is 4.90 Å². The Labute approximate surface area is 112 Å². The Kier molecular flexibility index (Phi) is 3.69. The summed E-state index contributed by atoms with van der Waals surface area (Å²) in [5, 5.41) is 0. The molecule has 1 aromatic rings. The lowest BCUT2D eigenvalue weighted by Gasteiger charge is -2.41. The molecule has 0 aliphatic carbocycles. The van der Waals surface area contributed by atoms with Crippen LogP contribution in [0.1, 0.15) is 32.3 Å². The molecule has 1 heterocycles. The molecule has 2 rings (SSSR count). The summed E-state index contributed by atoms with van der Waals surface area (Å²) in [6, 6.07) is 6.25. The number of hydrogen-bond acceptors (Lipinski definition) is 2. The first-order valence-corrected chi connectivity index (χ1v) is 6.50. The molecule has 0 atom stereocenters. The molecule has 1 aliphatic heterocycles. The van der Waals surface area contributed by atoms with Crippen LogP contribution in [0.3, 0.4) is 0 Å². The van der Waals surface area contributed by atoms with Gasteiger partial charge in [-0.2, -0.15) is 0 Å². The van der Waals surface area contributed by atoms with Gasteiger partial charge in [-0.1, -0.05) is 18.2 Å². The van der Waals surface area contributed by atoms with Gasteiger partial charge in [0, 0.05) is 13.0 Å². The summed E-state index contributed by atoms with van der Waals surface area (Å²) in [5.74, 6) is -0.499. The second kappa shape index (κ2) is 5.11. The van der Waals surface area contributed by atoms with Gasteiger partial charge in [0.05, 0.1) is 12.0 Å². The number of halogens is 1. The Morgan fingerprint density at radius 1 is 1.37 bits per heavy atom. The van der Waals surface area contributed by atoms with E-state index >= 15 is 0 Å². The van der Waals surface area contributed by atoms with Gasteiger partial charge in [0.1, 0.15) is 5.82 Å². The van der Waals surface area contributed by atoms with Crippen LogP contribution in [-0.2, 0) is 16.0 Å². The lowest BCUT2D eigenvalue weighted by Crippen LogP contribution is -2.56. The van der Waals surface area contributed by atoms with Crippen molar-refractivity contribution in [3.8, 4) is 0 Å². The fourth-order valence-corrected chi connectivity index (χ4v) is 2.47. The van der Waals surface area contributed by atoms with Crippen LogP contribution in [0, 0.1) is 5.82 Å². The molecule has 0 N–H and O–H groups in total. The third-order valence-electron chi connectivity index (χ3n) is 3.74. The SMILES string of the molecule is CC1(C)C(=O)CCCN1C(=O)Cc1ccccc1F. The average Bonchev–Trinajstić information content (AvgIpc) is 2.35. The van der Waals surface area contributed by atoms with E-state index in [0.717, 1.165) is 0 Å².